The van der Waals surface area contributed by atoms with Crippen LogP contribution in [0.25, 0.3) is 0 Å². The highest BCUT2D eigenvalue weighted by Crippen LogP contribution is 2.47. The molecule has 0 bridgehead atoms. The molecule has 7 nitrogen and oxygen atoms in total. The quantitative estimate of drug-likeness (QED) is 0.193. The Morgan fingerprint density at radius 1 is 0.932 bits per heavy atom. The molecule has 2 N–H and O–H groups in total. The number of unbranched alkanes of at least 4 members (excludes halogenated alkanes) is 2. The van der Waals surface area contributed by atoms with Gasteiger partial charge in [0.25, 0.3) is 0 Å². The predicted octanol–water partition coefficient (Wildman–Crippen LogP) is 3.27. The minimum atomic E-state index is -1.01. The third-order valence-electron chi connectivity index (χ3n) is 8.55. The molecule has 0 unspecified atom stereocenters. The Labute approximate surface area is 268 Å². The van der Waals surface area contributed by atoms with Crippen LogP contribution in [0.4, 0.5) is 11.4 Å². The van der Waals surface area contributed by atoms with Crippen molar-refractivity contribution in [3.05, 3.63) is 95.7 Å². The van der Waals surface area contributed by atoms with Gasteiger partial charge in [0.2, 0.25) is 11.6 Å². The Morgan fingerprint density at radius 2 is 1.64 bits per heavy atom. The van der Waals surface area contributed by atoms with Crippen LogP contribution in [0.2, 0.25) is 0 Å². The number of aliphatic carboxylic acids is 1. The lowest BCUT2D eigenvalue weighted by atomic mass is 9.81. The van der Waals surface area contributed by atoms with Gasteiger partial charge >= 0.3 is 5.97 Å². The molecular weight excluding hydrogens is 574 g/mol. The lowest BCUT2D eigenvalue weighted by molar-refractivity contribution is -0.401. The molecule has 8 heteroatoms. The van der Waals surface area contributed by atoms with E-state index in [0.717, 1.165) is 25.8 Å². The van der Waals surface area contributed by atoms with Gasteiger partial charge in [0, 0.05) is 54.0 Å². The van der Waals surface area contributed by atoms with E-state index in [1.165, 1.54) is 33.9 Å². The van der Waals surface area contributed by atoms with Gasteiger partial charge in [-0.25, -0.2) is 4.79 Å². The first-order chi connectivity index (χ1) is 20.5. The van der Waals surface area contributed by atoms with E-state index < -0.39 is 5.97 Å². The standard InChI is InChI=1S/C36H45N3O4.ClH/c1-35(2)27-16-11-13-18-29(27)38(5)31(35)20-8-6-9-21-32-36(3,4)28-17-12-14-19-30(28)39(32)24-15-7-10-22-33(40)37-23-25-43-26-34(41)42;/h6,8-9,11-14,16-21H,7,10,15,22-26H2,1-5H3,(H-,37,40,41,42);1H. The van der Waals surface area contributed by atoms with E-state index >= 15 is 0 Å². The highest BCUT2D eigenvalue weighted by Gasteiger charge is 2.42. The average molecular weight is 620 g/mol. The Morgan fingerprint density at radius 3 is 2.36 bits per heavy atom. The molecule has 2 aromatic carbocycles. The number of amides is 1. The predicted molar refractivity (Wildman–Crippen MR) is 173 cm³/mol. The molecule has 44 heavy (non-hydrogen) atoms. The molecular formula is C36H46ClN3O4. The molecule has 2 aromatic rings. The van der Waals surface area contributed by atoms with Crippen LogP contribution >= 0.6 is 0 Å². The number of carboxylic acids is 1. The first-order valence-corrected chi connectivity index (χ1v) is 15.2. The molecule has 236 valence electrons. The molecule has 2 heterocycles. The van der Waals surface area contributed by atoms with Crippen molar-refractivity contribution in [2.45, 2.75) is 64.2 Å². The molecule has 2 aliphatic heterocycles. The second kappa shape index (κ2) is 15.4. The molecule has 0 radical (unpaired) electrons. The molecule has 2 aliphatic rings. The maximum atomic E-state index is 12.1. The monoisotopic (exact) mass is 619 g/mol. The number of ether oxygens (including phenoxy) is 1. The van der Waals surface area contributed by atoms with Crippen molar-refractivity contribution in [1.29, 1.82) is 0 Å². The number of rotatable bonds is 14. The summed E-state index contributed by atoms with van der Waals surface area (Å²) in [5, 5.41) is 11.4. The number of anilines is 1. The van der Waals surface area contributed by atoms with Gasteiger partial charge in [-0.2, -0.15) is 4.58 Å². The number of benzene rings is 2. The number of para-hydroxylation sites is 2. The van der Waals surface area contributed by atoms with Gasteiger partial charge in [0.1, 0.15) is 13.7 Å². The van der Waals surface area contributed by atoms with Crippen LogP contribution in [0, 0.1) is 0 Å². The van der Waals surface area contributed by atoms with E-state index in [1.54, 1.807) is 0 Å². The molecule has 0 spiro atoms. The van der Waals surface area contributed by atoms with Gasteiger partial charge < -0.3 is 32.5 Å². The Hall–Kier alpha value is -3.68. The molecule has 0 aromatic heterocycles. The molecule has 0 aliphatic carbocycles. The number of nitrogens with one attached hydrogen (secondary N) is 1. The Kier molecular flexibility index (Phi) is 12.1. The van der Waals surface area contributed by atoms with Crippen LogP contribution < -0.4 is 22.6 Å². The number of carboxylic acid groups (broad SMARTS) is 1. The van der Waals surface area contributed by atoms with Gasteiger partial charge in [0.15, 0.2) is 5.71 Å². The zero-order chi connectivity index (χ0) is 31.0. The first kappa shape index (κ1) is 34.8. The third-order valence-corrected chi connectivity index (χ3v) is 8.55. The normalized spacial score (nSPS) is 17.3. The maximum absolute atomic E-state index is 12.1. The first-order valence-electron chi connectivity index (χ1n) is 15.2. The van der Waals surface area contributed by atoms with Crippen LogP contribution in [-0.4, -0.2) is 60.6 Å². The second-order valence-corrected chi connectivity index (χ2v) is 12.3. The second-order valence-electron chi connectivity index (χ2n) is 12.3. The molecule has 0 saturated heterocycles. The lowest BCUT2D eigenvalue weighted by Crippen LogP contribution is -3.00. The average Bonchev–Trinajstić information content (AvgIpc) is 3.31. The topological polar surface area (TPSA) is 81.9 Å². The van der Waals surface area contributed by atoms with Gasteiger partial charge in [-0.05, 0) is 44.4 Å². The Bertz CT molecular complexity index is 1450. The van der Waals surface area contributed by atoms with E-state index in [-0.39, 0.29) is 42.4 Å². The highest BCUT2D eigenvalue weighted by atomic mass is 35.5. The van der Waals surface area contributed by atoms with Crippen LogP contribution in [0.15, 0.2) is 84.6 Å². The molecule has 0 fully saturated rings. The minimum Gasteiger partial charge on any atom is -1.00 e. The number of carbonyl (C=O) groups is 2. The molecule has 0 saturated carbocycles. The maximum Gasteiger partial charge on any atom is 0.329 e. The number of fused-ring (bicyclic) bond motifs is 2. The summed E-state index contributed by atoms with van der Waals surface area (Å²) < 4.78 is 7.24. The smallest absolute Gasteiger partial charge is 0.329 e. The fourth-order valence-corrected chi connectivity index (χ4v) is 6.28. The van der Waals surface area contributed by atoms with Gasteiger partial charge in [-0.3, -0.25) is 4.79 Å². The number of carbonyl (C=O) groups excluding carboxylic acids is 1. The molecule has 1 amide bonds. The van der Waals surface area contributed by atoms with Crippen LogP contribution in [0.3, 0.4) is 0 Å². The van der Waals surface area contributed by atoms with Crippen molar-refractivity contribution in [1.82, 2.24) is 5.32 Å². The lowest BCUT2D eigenvalue weighted by Gasteiger charge is -2.27. The zero-order valence-corrected chi connectivity index (χ0v) is 27.4. The fraction of sp³-hybridized carbons (Fsp3) is 0.417. The highest BCUT2D eigenvalue weighted by molar-refractivity contribution is 6.03. The van der Waals surface area contributed by atoms with Crippen LogP contribution in [0.5, 0.6) is 0 Å². The number of halogens is 1. The van der Waals surface area contributed by atoms with E-state index in [1.807, 2.05) is 0 Å². The summed E-state index contributed by atoms with van der Waals surface area (Å²) in [6.45, 7) is 10.2. The summed E-state index contributed by atoms with van der Waals surface area (Å²) in [6, 6.07) is 17.3. The van der Waals surface area contributed by atoms with E-state index in [2.05, 4.69) is 128 Å². The number of hydrogen-bond acceptors (Lipinski definition) is 4. The van der Waals surface area contributed by atoms with Crippen molar-refractivity contribution in [3.8, 4) is 0 Å². The van der Waals surface area contributed by atoms with Crippen molar-refractivity contribution in [2.24, 2.45) is 0 Å². The van der Waals surface area contributed by atoms with Crippen LogP contribution in [-0.2, 0) is 25.2 Å². The van der Waals surface area contributed by atoms with E-state index in [4.69, 9.17) is 9.84 Å². The largest absolute Gasteiger partial charge is 1.00 e. The summed E-state index contributed by atoms with van der Waals surface area (Å²) in [6.07, 6.45) is 14.0. The van der Waals surface area contributed by atoms with Gasteiger partial charge in [-0.15, -0.1) is 0 Å². The number of hydrogen-bond donors (Lipinski definition) is 2. The Balaban J connectivity index is 0.00000529. The summed E-state index contributed by atoms with van der Waals surface area (Å²) in [5.74, 6) is -1.04. The molecule has 4 rings (SSSR count). The zero-order valence-electron chi connectivity index (χ0n) is 26.6. The van der Waals surface area contributed by atoms with E-state index in [9.17, 15) is 9.59 Å². The molecule has 0 atom stereocenters. The van der Waals surface area contributed by atoms with Crippen molar-refractivity contribution in [3.63, 3.8) is 0 Å². The minimum absolute atomic E-state index is 0. The number of allylic oxidation sites excluding steroid dienone is 6. The van der Waals surface area contributed by atoms with Crippen molar-refractivity contribution < 1.29 is 36.4 Å². The summed E-state index contributed by atoms with van der Waals surface area (Å²) in [5.41, 5.74) is 7.60. The fourth-order valence-electron chi connectivity index (χ4n) is 6.28. The van der Waals surface area contributed by atoms with Gasteiger partial charge in [0.05, 0.1) is 12.0 Å². The van der Waals surface area contributed by atoms with Crippen molar-refractivity contribution in [2.75, 3.05) is 38.3 Å². The van der Waals surface area contributed by atoms with E-state index in [0.29, 0.717) is 13.0 Å². The number of nitrogens with zero attached hydrogens (tertiary/aromatic N) is 2. The van der Waals surface area contributed by atoms with Crippen LogP contribution in [0.1, 0.15) is 64.5 Å². The summed E-state index contributed by atoms with van der Waals surface area (Å²) >= 11 is 0. The SMILES string of the molecule is C[N+]1=C(/C=C/C=C/C=C2/N(CCCCCC(=O)NCCOCC(=O)O)c3ccccc3C2(C)C)C(C)(C)c2ccccc21.[Cl-]. The summed E-state index contributed by atoms with van der Waals surface area (Å²) in [4.78, 5) is 25.0. The van der Waals surface area contributed by atoms with Gasteiger partial charge in [-0.1, -0.05) is 74.9 Å². The van der Waals surface area contributed by atoms with Crippen molar-refractivity contribution >= 4 is 29.0 Å². The third kappa shape index (κ3) is 7.88. The summed E-state index contributed by atoms with van der Waals surface area (Å²) in [7, 11) is 2.14.